The zero-order valence-electron chi connectivity index (χ0n) is 8.33. The van der Waals surface area contributed by atoms with E-state index in [2.05, 4.69) is 49.5 Å². The van der Waals surface area contributed by atoms with Crippen molar-refractivity contribution in [1.29, 1.82) is 0 Å². The first-order chi connectivity index (χ1) is 6.27. The highest BCUT2D eigenvalue weighted by Crippen LogP contribution is 2.30. The minimum Gasteiger partial charge on any atom is -0.311 e. The molecule has 1 heterocycles. The smallest absolute Gasteiger partial charge is 0.0110 e. The molecule has 1 nitrogen and oxygen atoms in total. The van der Waals surface area contributed by atoms with E-state index in [1.807, 2.05) is 0 Å². The van der Waals surface area contributed by atoms with E-state index in [0.29, 0.717) is 18.0 Å². The normalized spacial score (nSPS) is 33.5. The van der Waals surface area contributed by atoms with Crippen LogP contribution >= 0.6 is 0 Å². The second kappa shape index (κ2) is 3.51. The van der Waals surface area contributed by atoms with Crippen molar-refractivity contribution in [3.8, 4) is 0 Å². The van der Waals surface area contributed by atoms with E-state index in [-0.39, 0.29) is 0 Å². The molecule has 13 heavy (non-hydrogen) atoms. The van der Waals surface area contributed by atoms with Crippen molar-refractivity contribution < 1.29 is 0 Å². The van der Waals surface area contributed by atoms with Crippen molar-refractivity contribution in [2.45, 2.75) is 38.3 Å². The lowest BCUT2D eigenvalue weighted by molar-refractivity contribution is 0.575. The molecule has 1 saturated heterocycles. The molecule has 0 aromatic heterocycles. The van der Waals surface area contributed by atoms with Crippen LogP contribution in [0.3, 0.4) is 0 Å². The van der Waals surface area contributed by atoms with Gasteiger partial charge in [-0.15, -0.1) is 0 Å². The third kappa shape index (κ3) is 1.75. The van der Waals surface area contributed by atoms with Gasteiger partial charge in [0.25, 0.3) is 0 Å². The SMILES string of the molecule is C[C@@H]1C[C@H](c2ccccc2)[C@H](C)N1. The van der Waals surface area contributed by atoms with Gasteiger partial charge in [0.2, 0.25) is 0 Å². The fourth-order valence-electron chi connectivity index (χ4n) is 2.34. The summed E-state index contributed by atoms with van der Waals surface area (Å²) in [4.78, 5) is 0. The summed E-state index contributed by atoms with van der Waals surface area (Å²) in [5, 5.41) is 3.57. The van der Waals surface area contributed by atoms with Crippen LogP contribution < -0.4 is 5.32 Å². The molecule has 0 bridgehead atoms. The standard InChI is InChI=1S/C12H17N/c1-9-8-12(10(2)13-9)11-6-4-3-5-7-11/h3-7,9-10,12-13H,8H2,1-2H3/t9-,10+,12+/m1/s1. The molecular weight excluding hydrogens is 158 g/mol. The highest BCUT2D eigenvalue weighted by molar-refractivity contribution is 5.22. The predicted molar refractivity (Wildman–Crippen MR) is 55.9 cm³/mol. The second-order valence-corrected chi connectivity index (χ2v) is 4.11. The molecule has 0 spiro atoms. The fourth-order valence-corrected chi connectivity index (χ4v) is 2.34. The number of hydrogen-bond acceptors (Lipinski definition) is 1. The van der Waals surface area contributed by atoms with Crippen molar-refractivity contribution in [3.63, 3.8) is 0 Å². The maximum absolute atomic E-state index is 3.57. The molecule has 1 fully saturated rings. The molecule has 1 aromatic rings. The summed E-state index contributed by atoms with van der Waals surface area (Å²) in [5.41, 5.74) is 1.48. The molecule has 3 atom stereocenters. The number of nitrogens with one attached hydrogen (secondary N) is 1. The Labute approximate surface area is 80.2 Å². The number of hydrogen-bond donors (Lipinski definition) is 1. The zero-order chi connectivity index (χ0) is 9.26. The quantitative estimate of drug-likeness (QED) is 0.691. The molecule has 1 aliphatic heterocycles. The van der Waals surface area contributed by atoms with Gasteiger partial charge in [-0.1, -0.05) is 30.3 Å². The van der Waals surface area contributed by atoms with E-state index >= 15 is 0 Å². The van der Waals surface area contributed by atoms with Gasteiger partial charge in [-0.3, -0.25) is 0 Å². The van der Waals surface area contributed by atoms with Gasteiger partial charge in [0.1, 0.15) is 0 Å². The Morgan fingerprint density at radius 2 is 1.85 bits per heavy atom. The third-order valence-corrected chi connectivity index (χ3v) is 2.99. The zero-order valence-corrected chi connectivity index (χ0v) is 8.33. The molecule has 0 radical (unpaired) electrons. The van der Waals surface area contributed by atoms with Crippen LogP contribution in [0.4, 0.5) is 0 Å². The van der Waals surface area contributed by atoms with Gasteiger partial charge in [-0.2, -0.15) is 0 Å². The largest absolute Gasteiger partial charge is 0.311 e. The average molecular weight is 175 g/mol. The maximum Gasteiger partial charge on any atom is 0.0110 e. The van der Waals surface area contributed by atoms with Gasteiger partial charge in [0, 0.05) is 18.0 Å². The first kappa shape index (κ1) is 8.76. The summed E-state index contributed by atoms with van der Waals surface area (Å²) in [7, 11) is 0. The van der Waals surface area contributed by atoms with Crippen molar-refractivity contribution in [3.05, 3.63) is 35.9 Å². The lowest BCUT2D eigenvalue weighted by Gasteiger charge is -2.14. The fraction of sp³-hybridized carbons (Fsp3) is 0.500. The Morgan fingerprint density at radius 1 is 1.15 bits per heavy atom. The van der Waals surface area contributed by atoms with Crippen LogP contribution in [-0.4, -0.2) is 12.1 Å². The van der Waals surface area contributed by atoms with E-state index in [0.717, 1.165) is 0 Å². The van der Waals surface area contributed by atoms with Crippen molar-refractivity contribution in [2.24, 2.45) is 0 Å². The average Bonchev–Trinajstić information content (AvgIpc) is 2.47. The number of benzene rings is 1. The molecule has 2 rings (SSSR count). The molecule has 0 amide bonds. The van der Waals surface area contributed by atoms with Gasteiger partial charge in [-0.25, -0.2) is 0 Å². The molecule has 1 aromatic carbocycles. The van der Waals surface area contributed by atoms with Crippen LogP contribution in [0.1, 0.15) is 31.7 Å². The van der Waals surface area contributed by atoms with E-state index in [9.17, 15) is 0 Å². The summed E-state index contributed by atoms with van der Waals surface area (Å²) in [5.74, 6) is 0.705. The minimum atomic E-state index is 0.623. The Morgan fingerprint density at radius 3 is 2.38 bits per heavy atom. The maximum atomic E-state index is 3.57. The summed E-state index contributed by atoms with van der Waals surface area (Å²) in [6.07, 6.45) is 1.27. The molecular formula is C12H17N. The molecule has 70 valence electrons. The van der Waals surface area contributed by atoms with Crippen LogP contribution in [-0.2, 0) is 0 Å². The van der Waals surface area contributed by atoms with Crippen LogP contribution in [0.2, 0.25) is 0 Å². The molecule has 1 aliphatic rings. The predicted octanol–water partition coefficient (Wildman–Crippen LogP) is 2.54. The van der Waals surface area contributed by atoms with Gasteiger partial charge in [0.05, 0.1) is 0 Å². The van der Waals surface area contributed by atoms with Crippen molar-refractivity contribution in [2.75, 3.05) is 0 Å². The molecule has 1 heteroatoms. The highest BCUT2D eigenvalue weighted by atomic mass is 15.0. The topological polar surface area (TPSA) is 12.0 Å². The van der Waals surface area contributed by atoms with E-state index in [1.54, 1.807) is 0 Å². The van der Waals surface area contributed by atoms with Crippen LogP contribution in [0.15, 0.2) is 30.3 Å². The van der Waals surface area contributed by atoms with E-state index in [1.165, 1.54) is 12.0 Å². The highest BCUT2D eigenvalue weighted by Gasteiger charge is 2.28. The molecule has 0 aliphatic carbocycles. The van der Waals surface area contributed by atoms with E-state index < -0.39 is 0 Å². The van der Waals surface area contributed by atoms with Crippen LogP contribution in [0.5, 0.6) is 0 Å². The van der Waals surface area contributed by atoms with Gasteiger partial charge >= 0.3 is 0 Å². The first-order valence-corrected chi connectivity index (χ1v) is 5.08. The Bertz CT molecular complexity index is 268. The molecule has 1 N–H and O–H groups in total. The minimum absolute atomic E-state index is 0.623. The Balaban J connectivity index is 2.18. The number of rotatable bonds is 1. The summed E-state index contributed by atoms with van der Waals surface area (Å²) in [6.45, 7) is 4.54. The molecule has 0 unspecified atom stereocenters. The summed E-state index contributed by atoms with van der Waals surface area (Å²) < 4.78 is 0. The van der Waals surface area contributed by atoms with Gasteiger partial charge in [0.15, 0.2) is 0 Å². The second-order valence-electron chi connectivity index (χ2n) is 4.11. The Hall–Kier alpha value is -0.820. The van der Waals surface area contributed by atoms with Crippen molar-refractivity contribution >= 4 is 0 Å². The van der Waals surface area contributed by atoms with Crippen LogP contribution in [0, 0.1) is 0 Å². The lowest BCUT2D eigenvalue weighted by atomic mass is 9.92. The summed E-state index contributed by atoms with van der Waals surface area (Å²) in [6, 6.07) is 12.1. The Kier molecular flexibility index (Phi) is 2.36. The molecule has 0 saturated carbocycles. The van der Waals surface area contributed by atoms with Gasteiger partial charge < -0.3 is 5.32 Å². The van der Waals surface area contributed by atoms with Gasteiger partial charge in [-0.05, 0) is 25.8 Å². The monoisotopic (exact) mass is 175 g/mol. The third-order valence-electron chi connectivity index (χ3n) is 2.99. The van der Waals surface area contributed by atoms with E-state index in [4.69, 9.17) is 0 Å². The first-order valence-electron chi connectivity index (χ1n) is 5.08. The van der Waals surface area contributed by atoms with Crippen LogP contribution in [0.25, 0.3) is 0 Å². The lowest BCUT2D eigenvalue weighted by Crippen LogP contribution is -2.26. The summed E-state index contributed by atoms with van der Waals surface area (Å²) >= 11 is 0. The van der Waals surface area contributed by atoms with Crippen molar-refractivity contribution in [1.82, 2.24) is 5.32 Å².